The molecule has 7 N–H and O–H groups in total. The predicted molar refractivity (Wildman–Crippen MR) is 126 cm³/mol. The maximum Gasteiger partial charge on any atom is 0.234 e. The number of carbonyl (C=O) groups is 4. The van der Waals surface area contributed by atoms with E-state index in [0.717, 1.165) is 0 Å². The van der Waals surface area contributed by atoms with Crippen LogP contribution in [0.3, 0.4) is 0 Å². The molecule has 1 rings (SSSR count). The standard InChI is InChI=1S/C21H40N8O4/c1-2-5-25-21(33)17-29-9-4-8-27(15-19(23)31)11-10-26(14-18(22)30)6-3-7-28(12-13-29)16-20(24)32/h2H,1,3-17H2,(H2,22,30)(H2,23,31)(H2,24,32)(H,25,33). The van der Waals surface area contributed by atoms with Crippen LogP contribution in [0, 0.1) is 0 Å². The first-order valence-electron chi connectivity index (χ1n) is 11.3. The van der Waals surface area contributed by atoms with E-state index in [1.54, 1.807) is 6.08 Å². The van der Waals surface area contributed by atoms with Crippen molar-refractivity contribution in [2.75, 3.05) is 85.1 Å². The summed E-state index contributed by atoms with van der Waals surface area (Å²) >= 11 is 0. The van der Waals surface area contributed by atoms with E-state index in [0.29, 0.717) is 71.7 Å². The van der Waals surface area contributed by atoms with Crippen LogP contribution in [0.5, 0.6) is 0 Å². The third-order valence-electron chi connectivity index (χ3n) is 5.31. The molecular formula is C21H40N8O4. The fraction of sp³-hybridized carbons (Fsp3) is 0.714. The zero-order valence-corrected chi connectivity index (χ0v) is 19.5. The molecule has 0 unspecified atom stereocenters. The molecule has 12 nitrogen and oxygen atoms in total. The summed E-state index contributed by atoms with van der Waals surface area (Å²) in [5.41, 5.74) is 16.2. The topological polar surface area (TPSA) is 171 Å². The Kier molecular flexibility index (Phi) is 13.9. The van der Waals surface area contributed by atoms with Crippen molar-refractivity contribution in [3.8, 4) is 0 Å². The first kappa shape index (κ1) is 28.5. The highest BCUT2D eigenvalue weighted by Gasteiger charge is 2.18. The molecule has 1 fully saturated rings. The van der Waals surface area contributed by atoms with E-state index in [9.17, 15) is 19.2 Å². The van der Waals surface area contributed by atoms with Crippen LogP contribution in [0.1, 0.15) is 12.8 Å². The molecule has 4 amide bonds. The van der Waals surface area contributed by atoms with Gasteiger partial charge in [0.2, 0.25) is 23.6 Å². The Morgan fingerprint density at radius 3 is 1.27 bits per heavy atom. The largest absolute Gasteiger partial charge is 0.369 e. The van der Waals surface area contributed by atoms with Gasteiger partial charge in [-0.2, -0.15) is 0 Å². The summed E-state index contributed by atoms with van der Waals surface area (Å²) in [6, 6.07) is 0. The number of nitrogens with one attached hydrogen (secondary N) is 1. The quantitative estimate of drug-likeness (QED) is 0.242. The number of primary amides is 3. The summed E-state index contributed by atoms with van der Waals surface area (Å²) in [4.78, 5) is 54.7. The van der Waals surface area contributed by atoms with Crippen LogP contribution < -0.4 is 22.5 Å². The van der Waals surface area contributed by atoms with Crippen LogP contribution in [0.25, 0.3) is 0 Å². The van der Waals surface area contributed by atoms with E-state index in [2.05, 4.69) is 11.9 Å². The minimum absolute atomic E-state index is 0.103. The van der Waals surface area contributed by atoms with E-state index < -0.39 is 17.7 Å². The molecule has 1 aliphatic heterocycles. The zero-order valence-electron chi connectivity index (χ0n) is 19.5. The average molecular weight is 469 g/mol. The second-order valence-electron chi connectivity index (χ2n) is 8.30. The monoisotopic (exact) mass is 468 g/mol. The molecular weight excluding hydrogens is 428 g/mol. The number of hydrogen-bond donors (Lipinski definition) is 4. The van der Waals surface area contributed by atoms with Crippen molar-refractivity contribution in [1.82, 2.24) is 24.9 Å². The van der Waals surface area contributed by atoms with E-state index in [1.165, 1.54) is 0 Å². The highest BCUT2D eigenvalue weighted by molar-refractivity contribution is 5.78. The summed E-state index contributed by atoms with van der Waals surface area (Å²) in [5, 5.41) is 2.78. The lowest BCUT2D eigenvalue weighted by Crippen LogP contribution is -2.46. The molecule has 0 aromatic heterocycles. The van der Waals surface area contributed by atoms with Crippen molar-refractivity contribution in [3.05, 3.63) is 12.7 Å². The van der Waals surface area contributed by atoms with Crippen molar-refractivity contribution in [2.45, 2.75) is 12.8 Å². The Balaban J connectivity index is 2.90. The van der Waals surface area contributed by atoms with Gasteiger partial charge in [-0.25, -0.2) is 0 Å². The zero-order chi connectivity index (χ0) is 24.6. The van der Waals surface area contributed by atoms with E-state index in [4.69, 9.17) is 17.2 Å². The molecule has 0 radical (unpaired) electrons. The molecule has 0 aromatic carbocycles. The van der Waals surface area contributed by atoms with Crippen LogP contribution >= 0.6 is 0 Å². The Morgan fingerprint density at radius 1 is 0.636 bits per heavy atom. The molecule has 33 heavy (non-hydrogen) atoms. The first-order valence-corrected chi connectivity index (χ1v) is 11.3. The van der Waals surface area contributed by atoms with Gasteiger partial charge in [0.1, 0.15) is 0 Å². The highest BCUT2D eigenvalue weighted by atomic mass is 16.2. The lowest BCUT2D eigenvalue weighted by Gasteiger charge is -2.31. The van der Waals surface area contributed by atoms with E-state index >= 15 is 0 Å². The number of hydrogen-bond acceptors (Lipinski definition) is 8. The number of nitrogens with zero attached hydrogens (tertiary/aromatic N) is 4. The molecule has 0 saturated carbocycles. The summed E-state index contributed by atoms with van der Waals surface area (Å²) in [6.45, 7) is 9.31. The maximum atomic E-state index is 12.2. The summed E-state index contributed by atoms with van der Waals surface area (Å²) in [5.74, 6) is -1.35. The Bertz CT molecular complexity index is 660. The van der Waals surface area contributed by atoms with Gasteiger partial charge in [-0.05, 0) is 39.0 Å². The van der Waals surface area contributed by atoms with Gasteiger partial charge in [0.25, 0.3) is 0 Å². The molecule has 1 heterocycles. The van der Waals surface area contributed by atoms with Crippen molar-refractivity contribution >= 4 is 23.6 Å². The Morgan fingerprint density at radius 2 is 0.970 bits per heavy atom. The molecule has 0 bridgehead atoms. The van der Waals surface area contributed by atoms with Gasteiger partial charge in [0, 0.05) is 32.7 Å². The Labute approximate surface area is 196 Å². The summed E-state index contributed by atoms with van der Waals surface area (Å²) in [7, 11) is 0. The molecule has 12 heteroatoms. The third kappa shape index (κ3) is 14.3. The van der Waals surface area contributed by atoms with Gasteiger partial charge in [0.15, 0.2) is 0 Å². The van der Waals surface area contributed by atoms with Gasteiger partial charge >= 0.3 is 0 Å². The van der Waals surface area contributed by atoms with Gasteiger partial charge in [-0.1, -0.05) is 6.08 Å². The van der Waals surface area contributed by atoms with Crippen molar-refractivity contribution in [2.24, 2.45) is 17.2 Å². The minimum Gasteiger partial charge on any atom is -0.369 e. The number of rotatable bonds is 10. The first-order chi connectivity index (χ1) is 15.7. The number of amides is 4. The SMILES string of the molecule is C=CCNC(=O)CN1CCCN(CC(N)=O)CCN(CC(N)=O)CCCN(CC(N)=O)CC1. The van der Waals surface area contributed by atoms with Crippen LogP contribution in [0.4, 0.5) is 0 Å². The maximum absolute atomic E-state index is 12.2. The molecule has 0 aromatic rings. The van der Waals surface area contributed by atoms with E-state index in [-0.39, 0.29) is 32.1 Å². The van der Waals surface area contributed by atoms with Gasteiger partial charge in [-0.15, -0.1) is 6.58 Å². The minimum atomic E-state index is -0.420. The van der Waals surface area contributed by atoms with Crippen molar-refractivity contribution in [1.29, 1.82) is 0 Å². The van der Waals surface area contributed by atoms with E-state index in [1.807, 2.05) is 19.6 Å². The van der Waals surface area contributed by atoms with Crippen LogP contribution in [0.2, 0.25) is 0 Å². The number of nitrogens with two attached hydrogens (primary N) is 3. The normalized spacial score (nSPS) is 18.8. The highest BCUT2D eigenvalue weighted by Crippen LogP contribution is 2.03. The summed E-state index contributed by atoms with van der Waals surface area (Å²) in [6.07, 6.45) is 3.04. The van der Waals surface area contributed by atoms with Crippen LogP contribution in [-0.2, 0) is 19.2 Å². The predicted octanol–water partition coefficient (Wildman–Crippen LogP) is -3.25. The molecule has 0 aliphatic carbocycles. The molecule has 0 atom stereocenters. The van der Waals surface area contributed by atoms with Gasteiger partial charge in [-0.3, -0.25) is 38.8 Å². The smallest absolute Gasteiger partial charge is 0.234 e. The fourth-order valence-electron chi connectivity index (χ4n) is 3.79. The van der Waals surface area contributed by atoms with Crippen LogP contribution in [-0.4, -0.2) is 128 Å². The molecule has 1 saturated heterocycles. The van der Waals surface area contributed by atoms with Gasteiger partial charge in [0.05, 0.1) is 26.2 Å². The molecule has 1 aliphatic rings. The lowest BCUT2D eigenvalue weighted by molar-refractivity contribution is -0.122. The lowest BCUT2D eigenvalue weighted by atomic mass is 10.2. The second kappa shape index (κ2) is 16.1. The average Bonchev–Trinajstić information content (AvgIpc) is 2.71. The number of carbonyl (C=O) groups excluding carboxylic acids is 4. The van der Waals surface area contributed by atoms with Gasteiger partial charge < -0.3 is 22.5 Å². The van der Waals surface area contributed by atoms with Crippen molar-refractivity contribution in [3.63, 3.8) is 0 Å². The Hall–Kier alpha value is -2.54. The van der Waals surface area contributed by atoms with Crippen molar-refractivity contribution < 1.29 is 19.2 Å². The summed E-state index contributed by atoms with van der Waals surface area (Å²) < 4.78 is 0. The van der Waals surface area contributed by atoms with Crippen LogP contribution in [0.15, 0.2) is 12.7 Å². The third-order valence-corrected chi connectivity index (χ3v) is 5.31. The molecule has 188 valence electrons. The fourth-order valence-corrected chi connectivity index (χ4v) is 3.79. The second-order valence-corrected chi connectivity index (χ2v) is 8.30. The molecule has 0 spiro atoms.